The van der Waals surface area contributed by atoms with E-state index in [-0.39, 0.29) is 12.3 Å². The predicted octanol–water partition coefficient (Wildman–Crippen LogP) is 1.63. The first-order valence-corrected chi connectivity index (χ1v) is 6.26. The van der Waals surface area contributed by atoms with Gasteiger partial charge in [0.25, 0.3) is 0 Å². The van der Waals surface area contributed by atoms with Gasteiger partial charge in [0.15, 0.2) is 0 Å². The molecule has 1 aromatic carbocycles. The van der Waals surface area contributed by atoms with E-state index < -0.39 is 12.0 Å². The lowest BCUT2D eigenvalue weighted by molar-refractivity contribution is -0.136. The average molecular weight is 264 g/mol. The van der Waals surface area contributed by atoms with Crippen molar-refractivity contribution >= 4 is 17.6 Å². The van der Waals surface area contributed by atoms with E-state index in [0.717, 1.165) is 0 Å². The fourth-order valence-electron chi connectivity index (χ4n) is 1.80. The predicted molar refractivity (Wildman–Crippen MR) is 73.8 cm³/mol. The maximum absolute atomic E-state index is 11.9. The van der Waals surface area contributed by atoms with E-state index in [2.05, 4.69) is 5.32 Å². The molecule has 0 heterocycles. The number of carboxylic acids is 1. The van der Waals surface area contributed by atoms with Gasteiger partial charge in [-0.1, -0.05) is 32.0 Å². The summed E-state index contributed by atoms with van der Waals surface area (Å²) in [5.74, 6) is -0.894. The van der Waals surface area contributed by atoms with Gasteiger partial charge in [0.2, 0.25) is 5.91 Å². The Balaban J connectivity index is 2.76. The van der Waals surface area contributed by atoms with Crippen LogP contribution in [0.3, 0.4) is 0 Å². The lowest BCUT2D eigenvalue weighted by atomic mass is 10.0. The molecule has 0 fully saturated rings. The molecule has 5 nitrogen and oxygen atoms in total. The summed E-state index contributed by atoms with van der Waals surface area (Å²) in [7, 11) is 0. The van der Waals surface area contributed by atoms with Crippen LogP contribution in [0.5, 0.6) is 0 Å². The number of hydrogen-bond acceptors (Lipinski definition) is 3. The fourth-order valence-corrected chi connectivity index (χ4v) is 1.80. The van der Waals surface area contributed by atoms with E-state index in [0.29, 0.717) is 23.6 Å². The molecule has 104 valence electrons. The van der Waals surface area contributed by atoms with Crippen molar-refractivity contribution in [2.45, 2.75) is 32.7 Å². The van der Waals surface area contributed by atoms with Crippen LogP contribution < -0.4 is 11.1 Å². The van der Waals surface area contributed by atoms with Crippen molar-refractivity contribution in [3.05, 3.63) is 29.8 Å². The number of carbonyl (C=O) groups is 2. The Kier molecular flexibility index (Phi) is 5.51. The van der Waals surface area contributed by atoms with Gasteiger partial charge in [0.05, 0.1) is 12.5 Å². The molecule has 0 bridgehead atoms. The van der Waals surface area contributed by atoms with E-state index >= 15 is 0 Å². The quantitative estimate of drug-likeness (QED) is 0.728. The number of para-hydroxylation sites is 1. The number of carboxylic acid groups (broad SMARTS) is 1. The molecule has 5 heteroatoms. The normalized spacial score (nSPS) is 12.2. The zero-order chi connectivity index (χ0) is 14.4. The van der Waals surface area contributed by atoms with Crippen molar-refractivity contribution in [2.75, 3.05) is 5.32 Å². The summed E-state index contributed by atoms with van der Waals surface area (Å²) in [6, 6.07) is 6.25. The van der Waals surface area contributed by atoms with Gasteiger partial charge in [-0.25, -0.2) is 0 Å². The lowest BCUT2D eigenvalue weighted by Gasteiger charge is -2.15. The van der Waals surface area contributed by atoms with Crippen LogP contribution in [-0.4, -0.2) is 23.0 Å². The molecule has 19 heavy (non-hydrogen) atoms. The zero-order valence-electron chi connectivity index (χ0n) is 11.2. The number of nitrogens with one attached hydrogen (secondary N) is 1. The van der Waals surface area contributed by atoms with Gasteiger partial charge in [-0.3, -0.25) is 9.59 Å². The third-order valence-corrected chi connectivity index (χ3v) is 2.68. The third-order valence-electron chi connectivity index (χ3n) is 2.68. The van der Waals surface area contributed by atoms with Gasteiger partial charge < -0.3 is 16.2 Å². The van der Waals surface area contributed by atoms with Gasteiger partial charge in [0.1, 0.15) is 0 Å². The molecule has 1 amide bonds. The Hall–Kier alpha value is -1.88. The monoisotopic (exact) mass is 264 g/mol. The lowest BCUT2D eigenvalue weighted by Crippen LogP contribution is -2.36. The smallest absolute Gasteiger partial charge is 0.307 e. The van der Waals surface area contributed by atoms with Crippen molar-refractivity contribution in [2.24, 2.45) is 11.7 Å². The molecule has 1 atom stereocenters. The minimum Gasteiger partial charge on any atom is -0.481 e. The number of anilines is 1. The van der Waals surface area contributed by atoms with Crippen LogP contribution in [0.15, 0.2) is 24.3 Å². The maximum Gasteiger partial charge on any atom is 0.307 e. The summed E-state index contributed by atoms with van der Waals surface area (Å²) in [6.07, 6.45) is 0.461. The SMILES string of the molecule is CC(C)CC(N)C(=O)Nc1ccccc1CC(=O)O. The second kappa shape index (κ2) is 6.89. The molecule has 0 radical (unpaired) electrons. The Bertz CT molecular complexity index is 458. The average Bonchev–Trinajstić information content (AvgIpc) is 2.30. The first-order chi connectivity index (χ1) is 8.90. The summed E-state index contributed by atoms with van der Waals surface area (Å²) < 4.78 is 0. The van der Waals surface area contributed by atoms with Crippen molar-refractivity contribution < 1.29 is 14.7 Å². The molecule has 1 unspecified atom stereocenters. The number of benzene rings is 1. The molecule has 1 aromatic rings. The van der Waals surface area contributed by atoms with Gasteiger partial charge >= 0.3 is 5.97 Å². The molecule has 0 spiro atoms. The number of amides is 1. The Labute approximate surface area is 112 Å². The number of carbonyl (C=O) groups excluding carboxylic acids is 1. The van der Waals surface area contributed by atoms with Crippen molar-refractivity contribution in [1.29, 1.82) is 0 Å². The van der Waals surface area contributed by atoms with Gasteiger partial charge in [-0.2, -0.15) is 0 Å². The summed E-state index contributed by atoms with van der Waals surface area (Å²) in [5, 5.41) is 11.5. The van der Waals surface area contributed by atoms with E-state index in [1.165, 1.54) is 0 Å². The summed E-state index contributed by atoms with van der Waals surface area (Å²) >= 11 is 0. The maximum atomic E-state index is 11.9. The first kappa shape index (κ1) is 15.2. The van der Waals surface area contributed by atoms with Crippen molar-refractivity contribution in [1.82, 2.24) is 0 Å². The molecule has 0 saturated carbocycles. The largest absolute Gasteiger partial charge is 0.481 e. The van der Waals surface area contributed by atoms with E-state index in [4.69, 9.17) is 10.8 Å². The second-order valence-corrected chi connectivity index (χ2v) is 4.95. The minimum atomic E-state index is -0.937. The number of rotatable bonds is 6. The summed E-state index contributed by atoms with van der Waals surface area (Å²) in [4.78, 5) is 22.7. The molecular weight excluding hydrogens is 244 g/mol. The third kappa shape index (κ3) is 5.09. The van der Waals surface area contributed by atoms with E-state index in [1.807, 2.05) is 13.8 Å². The molecule has 0 aliphatic rings. The zero-order valence-corrected chi connectivity index (χ0v) is 11.2. The van der Waals surface area contributed by atoms with Crippen LogP contribution in [0.2, 0.25) is 0 Å². The standard InChI is InChI=1S/C14H20N2O3/c1-9(2)7-11(15)14(19)16-12-6-4-3-5-10(12)8-13(17)18/h3-6,9,11H,7-8,15H2,1-2H3,(H,16,19)(H,17,18). The Morgan fingerprint density at radius 2 is 1.95 bits per heavy atom. The molecule has 0 aliphatic heterocycles. The molecule has 0 aliphatic carbocycles. The van der Waals surface area contributed by atoms with Gasteiger partial charge in [0, 0.05) is 5.69 Å². The van der Waals surface area contributed by atoms with Gasteiger partial charge in [-0.05, 0) is 24.0 Å². The Morgan fingerprint density at radius 3 is 2.53 bits per heavy atom. The van der Waals surface area contributed by atoms with Gasteiger partial charge in [-0.15, -0.1) is 0 Å². The number of aliphatic carboxylic acids is 1. The van der Waals surface area contributed by atoms with Crippen molar-refractivity contribution in [3.63, 3.8) is 0 Å². The highest BCUT2D eigenvalue weighted by molar-refractivity contribution is 5.95. The molecule has 0 saturated heterocycles. The van der Waals surface area contributed by atoms with Crippen LogP contribution in [0.25, 0.3) is 0 Å². The summed E-state index contributed by atoms with van der Waals surface area (Å²) in [5.41, 5.74) is 6.87. The second-order valence-electron chi connectivity index (χ2n) is 4.95. The number of nitrogens with two attached hydrogens (primary N) is 1. The first-order valence-electron chi connectivity index (χ1n) is 6.26. The Morgan fingerprint density at radius 1 is 1.32 bits per heavy atom. The van der Waals surface area contributed by atoms with Crippen LogP contribution in [-0.2, 0) is 16.0 Å². The van der Waals surface area contributed by atoms with E-state index in [9.17, 15) is 9.59 Å². The molecule has 1 rings (SSSR count). The highest BCUT2D eigenvalue weighted by Crippen LogP contribution is 2.16. The van der Waals surface area contributed by atoms with E-state index in [1.54, 1.807) is 24.3 Å². The molecular formula is C14H20N2O3. The van der Waals surface area contributed by atoms with Crippen LogP contribution >= 0.6 is 0 Å². The highest BCUT2D eigenvalue weighted by atomic mass is 16.4. The van der Waals surface area contributed by atoms with Crippen molar-refractivity contribution in [3.8, 4) is 0 Å². The number of hydrogen-bond donors (Lipinski definition) is 3. The van der Waals surface area contributed by atoms with Crippen LogP contribution in [0, 0.1) is 5.92 Å². The summed E-state index contributed by atoms with van der Waals surface area (Å²) in [6.45, 7) is 3.98. The molecule has 4 N–H and O–H groups in total. The minimum absolute atomic E-state index is 0.129. The van der Waals surface area contributed by atoms with Crippen LogP contribution in [0.1, 0.15) is 25.8 Å². The highest BCUT2D eigenvalue weighted by Gasteiger charge is 2.16. The van der Waals surface area contributed by atoms with Crippen LogP contribution in [0.4, 0.5) is 5.69 Å². The fraction of sp³-hybridized carbons (Fsp3) is 0.429. The topological polar surface area (TPSA) is 92.4 Å². The molecule has 0 aromatic heterocycles.